The van der Waals surface area contributed by atoms with Gasteiger partial charge in [0.05, 0.1) is 13.2 Å². The molecule has 2 heteroatoms. The maximum atomic E-state index is 5.29. The quantitative estimate of drug-likeness (QED) is 0.580. The molecule has 1 radical (unpaired) electrons. The Hall–Kier alpha value is -0.760. The fourth-order valence-electron chi connectivity index (χ4n) is 1.56. The van der Waals surface area contributed by atoms with Crippen LogP contribution in [-0.4, -0.2) is 31.2 Å². The third kappa shape index (κ3) is 1.69. The van der Waals surface area contributed by atoms with Gasteiger partial charge >= 0.3 is 0 Å². The Labute approximate surface area is 73.5 Å². The smallest absolute Gasteiger partial charge is 0.0642 e. The highest BCUT2D eigenvalue weighted by atomic mass is 16.5. The number of nitrogens with zero attached hydrogens (tertiary/aromatic N) is 1. The van der Waals surface area contributed by atoms with Crippen molar-refractivity contribution in [2.75, 3.05) is 26.3 Å². The van der Waals surface area contributed by atoms with Gasteiger partial charge < -0.3 is 9.64 Å². The summed E-state index contributed by atoms with van der Waals surface area (Å²) in [6.45, 7) is 3.82. The standard InChI is InChI=1S/C10H14NO/c1-2-4-10(5-3-1)11-6-8-12-9-7-11/h1-2,4-5H,3,6-9H2. The molecule has 0 bridgehead atoms. The van der Waals surface area contributed by atoms with Crippen LogP contribution in [0.2, 0.25) is 0 Å². The van der Waals surface area contributed by atoms with Gasteiger partial charge in [-0.3, -0.25) is 0 Å². The van der Waals surface area contributed by atoms with E-state index >= 15 is 0 Å². The van der Waals surface area contributed by atoms with Gasteiger partial charge in [0.2, 0.25) is 0 Å². The SMILES string of the molecule is [CH]1C=CC(N2CCOCC2)=CC1. The molecule has 1 aliphatic heterocycles. The maximum absolute atomic E-state index is 5.29. The van der Waals surface area contributed by atoms with Crippen LogP contribution in [0.5, 0.6) is 0 Å². The third-order valence-electron chi connectivity index (χ3n) is 2.24. The van der Waals surface area contributed by atoms with Crippen LogP contribution < -0.4 is 0 Å². The zero-order chi connectivity index (χ0) is 8.23. The van der Waals surface area contributed by atoms with Gasteiger partial charge in [-0.1, -0.05) is 12.2 Å². The molecule has 0 unspecified atom stereocenters. The van der Waals surface area contributed by atoms with Crippen molar-refractivity contribution in [1.29, 1.82) is 0 Å². The number of rotatable bonds is 1. The molecule has 2 nitrogen and oxygen atoms in total. The first-order valence-corrected chi connectivity index (χ1v) is 4.49. The number of ether oxygens (including phenoxy) is 1. The second kappa shape index (κ2) is 3.76. The van der Waals surface area contributed by atoms with Crippen LogP contribution in [0.3, 0.4) is 0 Å². The monoisotopic (exact) mass is 164 g/mol. The van der Waals surface area contributed by atoms with Crippen LogP contribution in [0.25, 0.3) is 0 Å². The van der Waals surface area contributed by atoms with Gasteiger partial charge in [-0.15, -0.1) is 0 Å². The molecule has 1 saturated heterocycles. The average Bonchev–Trinajstić information content (AvgIpc) is 2.21. The van der Waals surface area contributed by atoms with Gasteiger partial charge in [0.15, 0.2) is 0 Å². The summed E-state index contributed by atoms with van der Waals surface area (Å²) in [6.07, 6.45) is 9.82. The summed E-state index contributed by atoms with van der Waals surface area (Å²) in [5.41, 5.74) is 1.36. The topological polar surface area (TPSA) is 12.5 Å². The van der Waals surface area contributed by atoms with Gasteiger partial charge in [-0.05, 0) is 18.9 Å². The van der Waals surface area contributed by atoms with Gasteiger partial charge in [-0.2, -0.15) is 0 Å². The minimum Gasteiger partial charge on any atom is -0.378 e. The summed E-state index contributed by atoms with van der Waals surface area (Å²) >= 11 is 0. The summed E-state index contributed by atoms with van der Waals surface area (Å²) in [7, 11) is 0. The predicted molar refractivity (Wildman–Crippen MR) is 48.5 cm³/mol. The van der Waals surface area contributed by atoms with Crippen LogP contribution in [-0.2, 0) is 4.74 Å². The molecule has 1 aliphatic carbocycles. The number of allylic oxidation sites excluding steroid dienone is 3. The molecule has 0 amide bonds. The van der Waals surface area contributed by atoms with E-state index in [0.717, 1.165) is 32.7 Å². The summed E-state index contributed by atoms with van der Waals surface area (Å²) in [6, 6.07) is 0. The van der Waals surface area contributed by atoms with E-state index in [-0.39, 0.29) is 0 Å². The van der Waals surface area contributed by atoms with E-state index in [1.165, 1.54) is 5.70 Å². The lowest BCUT2D eigenvalue weighted by Crippen LogP contribution is -2.35. The first-order valence-electron chi connectivity index (χ1n) is 4.49. The first kappa shape index (κ1) is 7.87. The van der Waals surface area contributed by atoms with Gasteiger partial charge in [0.1, 0.15) is 0 Å². The van der Waals surface area contributed by atoms with Crippen molar-refractivity contribution >= 4 is 0 Å². The highest BCUT2D eigenvalue weighted by Crippen LogP contribution is 2.14. The molecule has 1 fully saturated rings. The van der Waals surface area contributed by atoms with E-state index in [4.69, 9.17) is 4.74 Å². The fourth-order valence-corrected chi connectivity index (χ4v) is 1.56. The molecule has 2 rings (SSSR count). The minimum absolute atomic E-state index is 0.870. The third-order valence-corrected chi connectivity index (χ3v) is 2.24. The Morgan fingerprint density at radius 3 is 2.75 bits per heavy atom. The molecule has 0 aromatic carbocycles. The van der Waals surface area contributed by atoms with E-state index in [9.17, 15) is 0 Å². The van der Waals surface area contributed by atoms with Gasteiger partial charge in [-0.25, -0.2) is 0 Å². The minimum atomic E-state index is 0.870. The number of morpholine rings is 1. The Bertz CT molecular complexity index is 202. The molecule has 1 heterocycles. The summed E-state index contributed by atoms with van der Waals surface area (Å²) in [4.78, 5) is 2.38. The number of hydrogen-bond donors (Lipinski definition) is 0. The molecule has 0 saturated carbocycles. The number of hydrogen-bond acceptors (Lipinski definition) is 2. The van der Waals surface area contributed by atoms with Crippen LogP contribution in [0.1, 0.15) is 6.42 Å². The van der Waals surface area contributed by atoms with Crippen LogP contribution in [0.15, 0.2) is 23.9 Å². The first-order chi connectivity index (χ1) is 5.97. The molecule has 0 N–H and O–H groups in total. The Morgan fingerprint density at radius 1 is 1.25 bits per heavy atom. The molecule has 2 aliphatic rings. The van der Waals surface area contributed by atoms with Crippen molar-refractivity contribution in [1.82, 2.24) is 4.90 Å². The average molecular weight is 164 g/mol. The molecule has 12 heavy (non-hydrogen) atoms. The largest absolute Gasteiger partial charge is 0.378 e. The van der Waals surface area contributed by atoms with Crippen molar-refractivity contribution in [3.8, 4) is 0 Å². The summed E-state index contributed by atoms with van der Waals surface area (Å²) in [5.74, 6) is 0. The van der Waals surface area contributed by atoms with E-state index in [2.05, 4.69) is 29.5 Å². The second-order valence-corrected chi connectivity index (χ2v) is 3.06. The highest BCUT2D eigenvalue weighted by molar-refractivity contribution is 5.25. The van der Waals surface area contributed by atoms with Crippen molar-refractivity contribution in [3.63, 3.8) is 0 Å². The predicted octanol–water partition coefficient (Wildman–Crippen LogP) is 1.37. The highest BCUT2D eigenvalue weighted by Gasteiger charge is 2.11. The lowest BCUT2D eigenvalue weighted by molar-refractivity contribution is 0.0552. The lowest BCUT2D eigenvalue weighted by atomic mass is 10.1. The van der Waals surface area contributed by atoms with E-state index in [1.54, 1.807) is 0 Å². The van der Waals surface area contributed by atoms with E-state index < -0.39 is 0 Å². The summed E-state index contributed by atoms with van der Waals surface area (Å²) in [5, 5.41) is 0. The van der Waals surface area contributed by atoms with Crippen LogP contribution in [0, 0.1) is 6.42 Å². The second-order valence-electron chi connectivity index (χ2n) is 3.06. The van der Waals surface area contributed by atoms with Gasteiger partial charge in [0.25, 0.3) is 0 Å². The maximum Gasteiger partial charge on any atom is 0.0642 e. The van der Waals surface area contributed by atoms with Crippen molar-refractivity contribution in [2.24, 2.45) is 0 Å². The van der Waals surface area contributed by atoms with Crippen molar-refractivity contribution in [3.05, 3.63) is 30.3 Å². The molecular weight excluding hydrogens is 150 g/mol. The lowest BCUT2D eigenvalue weighted by Gasteiger charge is -2.30. The summed E-state index contributed by atoms with van der Waals surface area (Å²) < 4.78 is 5.29. The molecule has 0 atom stereocenters. The zero-order valence-corrected chi connectivity index (χ0v) is 7.20. The van der Waals surface area contributed by atoms with Crippen molar-refractivity contribution < 1.29 is 4.74 Å². The Balaban J connectivity index is 1.97. The molecule has 0 aromatic heterocycles. The molecule has 0 aromatic rings. The van der Waals surface area contributed by atoms with Crippen molar-refractivity contribution in [2.45, 2.75) is 6.42 Å². The molecule has 0 spiro atoms. The van der Waals surface area contributed by atoms with Crippen LogP contribution in [0.4, 0.5) is 0 Å². The molecular formula is C10H14NO. The zero-order valence-electron chi connectivity index (χ0n) is 7.20. The Morgan fingerprint density at radius 2 is 2.08 bits per heavy atom. The normalized spacial score (nSPS) is 24.0. The van der Waals surface area contributed by atoms with Crippen LogP contribution >= 0.6 is 0 Å². The molecule has 65 valence electrons. The van der Waals surface area contributed by atoms with E-state index in [0.29, 0.717) is 0 Å². The van der Waals surface area contributed by atoms with Gasteiger partial charge in [0, 0.05) is 18.8 Å². The Kier molecular flexibility index (Phi) is 2.47. The fraction of sp³-hybridized carbons (Fsp3) is 0.500. The van der Waals surface area contributed by atoms with E-state index in [1.807, 2.05) is 0 Å².